The fourth-order valence-corrected chi connectivity index (χ4v) is 1.62. The molecule has 0 atom stereocenters. The Kier molecular flexibility index (Phi) is 4.59. The molecule has 0 aliphatic rings. The van der Waals surface area contributed by atoms with E-state index in [0.717, 1.165) is 5.56 Å². The highest BCUT2D eigenvalue weighted by Crippen LogP contribution is 2.40. The molecule has 0 aromatic heterocycles. The van der Waals surface area contributed by atoms with E-state index in [1.165, 1.54) is 14.2 Å². The van der Waals surface area contributed by atoms with E-state index >= 15 is 0 Å². The van der Waals surface area contributed by atoms with Gasteiger partial charge < -0.3 is 19.9 Å². The number of amides is 1. The van der Waals surface area contributed by atoms with Gasteiger partial charge in [-0.25, -0.2) is 0 Å². The Balaban J connectivity index is 3.20. The Hall–Kier alpha value is -2.17. The molecule has 1 aromatic carbocycles. The van der Waals surface area contributed by atoms with Crippen LogP contribution in [0.2, 0.25) is 0 Å². The van der Waals surface area contributed by atoms with Crippen molar-refractivity contribution < 1.29 is 19.0 Å². The summed E-state index contributed by atoms with van der Waals surface area (Å²) in [6.07, 6.45) is 0.304. The summed E-state index contributed by atoms with van der Waals surface area (Å²) >= 11 is 0. The van der Waals surface area contributed by atoms with Crippen LogP contribution in [0, 0.1) is 0 Å². The van der Waals surface area contributed by atoms with Crippen molar-refractivity contribution in [2.45, 2.75) is 6.42 Å². The Morgan fingerprint density at radius 3 is 2.22 bits per heavy atom. The molecule has 1 rings (SSSR count). The molecule has 1 aromatic rings. The first-order valence-corrected chi connectivity index (χ1v) is 5.30. The smallest absolute Gasteiger partial charge is 0.244 e. The summed E-state index contributed by atoms with van der Waals surface area (Å²) in [5.41, 5.74) is 6.24. The van der Waals surface area contributed by atoms with Gasteiger partial charge in [0.1, 0.15) is 0 Å². The predicted octanol–water partition coefficient (Wildman–Crippen LogP) is 1.30. The molecular weight excluding hydrogens is 234 g/mol. The maximum absolute atomic E-state index is 11.0. The molecule has 5 nitrogen and oxygen atoms in total. The lowest BCUT2D eigenvalue weighted by Gasteiger charge is -2.15. The Labute approximate surface area is 106 Å². The van der Waals surface area contributed by atoms with Crippen LogP contribution in [0.1, 0.15) is 5.56 Å². The second-order valence-corrected chi connectivity index (χ2v) is 3.64. The number of ether oxygens (including phenoxy) is 3. The summed E-state index contributed by atoms with van der Waals surface area (Å²) in [7, 11) is 4.58. The molecule has 0 unspecified atom stereocenters. The van der Waals surface area contributed by atoms with Gasteiger partial charge in [-0.2, -0.15) is 0 Å². The van der Waals surface area contributed by atoms with Crippen molar-refractivity contribution in [3.63, 3.8) is 0 Å². The minimum Gasteiger partial charge on any atom is -0.493 e. The number of hydrogen-bond acceptors (Lipinski definition) is 4. The third kappa shape index (κ3) is 2.74. The van der Waals surface area contributed by atoms with Crippen LogP contribution in [0.25, 0.3) is 0 Å². The number of carbonyl (C=O) groups is 1. The monoisotopic (exact) mass is 251 g/mol. The predicted molar refractivity (Wildman–Crippen MR) is 68.1 cm³/mol. The highest BCUT2D eigenvalue weighted by molar-refractivity contribution is 5.91. The molecule has 0 spiro atoms. The molecule has 2 N–H and O–H groups in total. The third-order valence-corrected chi connectivity index (χ3v) is 2.54. The molecule has 0 heterocycles. The van der Waals surface area contributed by atoms with Gasteiger partial charge in [-0.3, -0.25) is 4.79 Å². The van der Waals surface area contributed by atoms with Crippen molar-refractivity contribution in [2.75, 3.05) is 21.3 Å². The van der Waals surface area contributed by atoms with Crippen molar-refractivity contribution in [3.8, 4) is 17.2 Å². The topological polar surface area (TPSA) is 70.8 Å². The SMILES string of the molecule is C=C(Cc1ccc(OC)c(OC)c1OC)C(N)=O. The fraction of sp³-hybridized carbons (Fsp3) is 0.308. The Morgan fingerprint density at radius 2 is 1.78 bits per heavy atom. The van der Waals surface area contributed by atoms with Crippen LogP contribution >= 0.6 is 0 Å². The lowest BCUT2D eigenvalue weighted by molar-refractivity contribution is -0.114. The van der Waals surface area contributed by atoms with E-state index in [0.29, 0.717) is 29.2 Å². The van der Waals surface area contributed by atoms with Crippen LogP contribution in [-0.4, -0.2) is 27.2 Å². The number of hydrogen-bond donors (Lipinski definition) is 1. The van der Waals surface area contributed by atoms with Crippen LogP contribution in [0.3, 0.4) is 0 Å². The molecule has 0 radical (unpaired) electrons. The molecule has 1 amide bonds. The zero-order valence-electron chi connectivity index (χ0n) is 10.8. The lowest BCUT2D eigenvalue weighted by atomic mass is 10.0. The van der Waals surface area contributed by atoms with E-state index in [2.05, 4.69) is 6.58 Å². The molecule has 0 aliphatic carbocycles. The third-order valence-electron chi connectivity index (χ3n) is 2.54. The Bertz CT molecular complexity index is 468. The first-order chi connectivity index (χ1) is 8.54. The van der Waals surface area contributed by atoms with Crippen LogP contribution in [-0.2, 0) is 11.2 Å². The number of benzene rings is 1. The highest BCUT2D eigenvalue weighted by atomic mass is 16.5. The number of methoxy groups -OCH3 is 3. The van der Waals surface area contributed by atoms with E-state index in [9.17, 15) is 4.79 Å². The number of carbonyl (C=O) groups excluding carboxylic acids is 1. The quantitative estimate of drug-likeness (QED) is 0.773. The zero-order chi connectivity index (χ0) is 13.7. The first-order valence-electron chi connectivity index (χ1n) is 5.30. The van der Waals surface area contributed by atoms with Gasteiger partial charge in [0, 0.05) is 17.6 Å². The summed E-state index contributed by atoms with van der Waals surface area (Å²) < 4.78 is 15.7. The minimum atomic E-state index is -0.535. The number of nitrogens with two attached hydrogens (primary N) is 1. The van der Waals surface area contributed by atoms with Gasteiger partial charge in [0.15, 0.2) is 11.5 Å². The molecule has 0 saturated carbocycles. The molecule has 0 aliphatic heterocycles. The Morgan fingerprint density at radius 1 is 1.17 bits per heavy atom. The lowest BCUT2D eigenvalue weighted by Crippen LogP contribution is -2.15. The van der Waals surface area contributed by atoms with Gasteiger partial charge in [0.05, 0.1) is 21.3 Å². The van der Waals surface area contributed by atoms with Crippen LogP contribution in [0.15, 0.2) is 24.3 Å². The fourth-order valence-electron chi connectivity index (χ4n) is 1.62. The first kappa shape index (κ1) is 13.9. The number of primary amides is 1. The van der Waals surface area contributed by atoms with Gasteiger partial charge in [-0.15, -0.1) is 0 Å². The van der Waals surface area contributed by atoms with Crippen molar-refractivity contribution in [1.29, 1.82) is 0 Å². The molecule has 0 saturated heterocycles. The van der Waals surface area contributed by atoms with E-state index < -0.39 is 5.91 Å². The van der Waals surface area contributed by atoms with Gasteiger partial charge in [0.25, 0.3) is 0 Å². The largest absolute Gasteiger partial charge is 0.493 e. The molecule has 5 heteroatoms. The van der Waals surface area contributed by atoms with Crippen LogP contribution in [0.5, 0.6) is 17.2 Å². The van der Waals surface area contributed by atoms with Crippen molar-refractivity contribution in [1.82, 2.24) is 0 Å². The van der Waals surface area contributed by atoms with E-state index in [1.807, 2.05) is 0 Å². The molecule has 0 bridgehead atoms. The van der Waals surface area contributed by atoms with Gasteiger partial charge in [0.2, 0.25) is 11.7 Å². The normalized spacial score (nSPS) is 9.72. The van der Waals surface area contributed by atoms with Crippen molar-refractivity contribution in [3.05, 3.63) is 29.8 Å². The van der Waals surface area contributed by atoms with Gasteiger partial charge in [-0.1, -0.05) is 12.6 Å². The average molecular weight is 251 g/mol. The summed E-state index contributed by atoms with van der Waals surface area (Å²) in [6, 6.07) is 3.53. The standard InChI is InChI=1S/C13H17NO4/c1-8(13(14)15)7-9-5-6-10(16-2)12(18-4)11(9)17-3/h5-6H,1,7H2,2-4H3,(H2,14,15). The highest BCUT2D eigenvalue weighted by Gasteiger charge is 2.17. The van der Waals surface area contributed by atoms with E-state index in [-0.39, 0.29) is 0 Å². The molecule has 98 valence electrons. The minimum absolute atomic E-state index is 0.304. The van der Waals surface area contributed by atoms with Gasteiger partial charge in [-0.05, 0) is 6.07 Å². The summed E-state index contributed by atoms with van der Waals surface area (Å²) in [5, 5.41) is 0. The zero-order valence-corrected chi connectivity index (χ0v) is 10.8. The van der Waals surface area contributed by atoms with E-state index in [4.69, 9.17) is 19.9 Å². The summed E-state index contributed by atoms with van der Waals surface area (Å²) in [5.74, 6) is 1.02. The number of rotatable bonds is 6. The van der Waals surface area contributed by atoms with E-state index in [1.54, 1.807) is 19.2 Å². The summed E-state index contributed by atoms with van der Waals surface area (Å²) in [4.78, 5) is 11.0. The molecule has 18 heavy (non-hydrogen) atoms. The van der Waals surface area contributed by atoms with Crippen LogP contribution in [0.4, 0.5) is 0 Å². The van der Waals surface area contributed by atoms with Gasteiger partial charge >= 0.3 is 0 Å². The van der Waals surface area contributed by atoms with Crippen molar-refractivity contribution >= 4 is 5.91 Å². The molecular formula is C13H17NO4. The molecule has 0 fully saturated rings. The second kappa shape index (κ2) is 5.95. The maximum atomic E-state index is 11.0. The summed E-state index contributed by atoms with van der Waals surface area (Å²) in [6.45, 7) is 3.62. The van der Waals surface area contributed by atoms with Crippen molar-refractivity contribution in [2.24, 2.45) is 5.73 Å². The second-order valence-electron chi connectivity index (χ2n) is 3.64. The van der Waals surface area contributed by atoms with Crippen LogP contribution < -0.4 is 19.9 Å². The maximum Gasteiger partial charge on any atom is 0.244 e. The average Bonchev–Trinajstić information content (AvgIpc) is 2.37.